The highest BCUT2D eigenvalue weighted by molar-refractivity contribution is 7.86. The van der Waals surface area contributed by atoms with E-state index in [2.05, 4.69) is 4.98 Å². The molecule has 1 rings (SSSR count). The Balaban J connectivity index is 3.77. The molecule has 17 heavy (non-hydrogen) atoms. The predicted molar refractivity (Wildman–Crippen MR) is 55.8 cm³/mol. The fraction of sp³-hybridized carbons (Fsp3) is 0. The second kappa shape index (κ2) is 4.21. The Morgan fingerprint density at radius 2 is 1.53 bits per heavy atom. The minimum atomic E-state index is -4.74. The van der Waals surface area contributed by atoms with Crippen molar-refractivity contribution < 1.29 is 25.9 Å². The molecular formula is C6H4ClN2O6S2+. The highest BCUT2D eigenvalue weighted by Gasteiger charge is 2.30. The quantitative estimate of drug-likeness (QED) is 0.620. The van der Waals surface area contributed by atoms with Gasteiger partial charge in [-0.1, -0.05) is 11.6 Å². The lowest BCUT2D eigenvalue weighted by Crippen LogP contribution is -2.03. The number of hydrogen-bond acceptors (Lipinski definition) is 5. The van der Waals surface area contributed by atoms with E-state index in [1.54, 1.807) is 0 Å². The Bertz CT molecular complexity index is 718. The third-order valence-electron chi connectivity index (χ3n) is 1.68. The third-order valence-corrected chi connectivity index (χ3v) is 3.88. The molecule has 0 unspecified atom stereocenters. The van der Waals surface area contributed by atoms with E-state index >= 15 is 0 Å². The highest BCUT2D eigenvalue weighted by Crippen LogP contribution is 2.33. The van der Waals surface area contributed by atoms with Crippen molar-refractivity contribution in [3.8, 4) is 0 Å². The van der Waals surface area contributed by atoms with E-state index in [0.29, 0.717) is 12.1 Å². The summed E-state index contributed by atoms with van der Waals surface area (Å²) in [6.45, 7) is 0. The number of halogens is 1. The summed E-state index contributed by atoms with van der Waals surface area (Å²) < 4.78 is 60.8. The van der Waals surface area contributed by atoms with Gasteiger partial charge in [-0.15, -0.1) is 0 Å². The smallest absolute Gasteiger partial charge is 0.282 e. The molecule has 11 heteroatoms. The van der Waals surface area contributed by atoms with E-state index < -0.39 is 40.7 Å². The minimum absolute atomic E-state index is 0.501. The largest absolute Gasteiger partial charge is 0.407 e. The van der Waals surface area contributed by atoms with Gasteiger partial charge in [0, 0.05) is 0 Å². The molecule has 0 saturated carbocycles. The predicted octanol–water partition coefficient (Wildman–Crippen LogP) is 1.32. The van der Waals surface area contributed by atoms with Crippen LogP contribution in [0.4, 0.5) is 5.69 Å². The molecule has 0 heterocycles. The van der Waals surface area contributed by atoms with Gasteiger partial charge in [0.1, 0.15) is 4.90 Å². The van der Waals surface area contributed by atoms with E-state index in [0.717, 1.165) is 0 Å². The summed E-state index contributed by atoms with van der Waals surface area (Å²) in [6.07, 6.45) is 0. The maximum atomic E-state index is 10.8. The molecular weight excluding hydrogens is 296 g/mol. The first-order valence-electron chi connectivity index (χ1n) is 3.71. The van der Waals surface area contributed by atoms with Crippen molar-refractivity contribution >= 4 is 37.5 Å². The van der Waals surface area contributed by atoms with Gasteiger partial charge in [0.15, 0.2) is 9.87 Å². The van der Waals surface area contributed by atoms with Crippen molar-refractivity contribution in [3.05, 3.63) is 22.1 Å². The molecule has 0 bridgehead atoms. The van der Waals surface area contributed by atoms with Crippen molar-refractivity contribution in [2.45, 2.75) is 9.79 Å². The summed E-state index contributed by atoms with van der Waals surface area (Å²) >= 11 is 5.41. The van der Waals surface area contributed by atoms with Crippen LogP contribution in [0.15, 0.2) is 21.9 Å². The van der Waals surface area contributed by atoms with Gasteiger partial charge in [-0.3, -0.25) is 9.11 Å². The van der Waals surface area contributed by atoms with Crippen LogP contribution in [-0.4, -0.2) is 25.9 Å². The van der Waals surface area contributed by atoms with Crippen molar-refractivity contribution in [2.75, 3.05) is 0 Å². The van der Waals surface area contributed by atoms with Crippen molar-refractivity contribution in [1.82, 2.24) is 0 Å². The summed E-state index contributed by atoms with van der Waals surface area (Å²) in [5, 5.41) is 7.85. The average Bonchev–Trinajstić information content (AvgIpc) is 2.14. The first-order chi connectivity index (χ1) is 7.57. The molecule has 92 valence electrons. The molecule has 8 nitrogen and oxygen atoms in total. The van der Waals surface area contributed by atoms with Gasteiger partial charge in [-0.25, -0.2) is 0 Å². The van der Waals surface area contributed by atoms with Crippen molar-refractivity contribution in [2.24, 2.45) is 0 Å². The molecule has 0 aliphatic heterocycles. The van der Waals surface area contributed by atoms with Gasteiger partial charge in [0.05, 0.1) is 11.1 Å². The van der Waals surface area contributed by atoms with Crippen LogP contribution in [0.5, 0.6) is 0 Å². The molecule has 0 aliphatic carbocycles. The number of rotatable bonds is 2. The van der Waals surface area contributed by atoms with Crippen molar-refractivity contribution in [1.29, 1.82) is 5.39 Å². The van der Waals surface area contributed by atoms with E-state index in [9.17, 15) is 16.8 Å². The molecule has 0 spiro atoms. The lowest BCUT2D eigenvalue weighted by atomic mass is 10.3. The Labute approximate surface area is 101 Å². The van der Waals surface area contributed by atoms with Gasteiger partial charge in [0.25, 0.3) is 10.1 Å². The Morgan fingerprint density at radius 3 is 1.88 bits per heavy atom. The molecule has 0 atom stereocenters. The summed E-state index contributed by atoms with van der Waals surface area (Å²) in [5.74, 6) is 0. The van der Waals surface area contributed by atoms with E-state index in [4.69, 9.17) is 26.1 Å². The van der Waals surface area contributed by atoms with E-state index in [1.807, 2.05) is 0 Å². The SMILES string of the molecule is N#[N+]c1cc(S(=O)(=O)O)c(Cl)cc1S(=O)(=O)O. The molecule has 2 N–H and O–H groups in total. The fourth-order valence-corrected chi connectivity index (χ4v) is 2.72. The van der Waals surface area contributed by atoms with Crippen LogP contribution < -0.4 is 0 Å². The van der Waals surface area contributed by atoms with Crippen LogP contribution in [0.2, 0.25) is 5.02 Å². The van der Waals surface area contributed by atoms with Gasteiger partial charge < -0.3 is 0 Å². The topological polar surface area (TPSA) is 137 Å². The molecule has 0 radical (unpaired) electrons. The number of nitrogens with zero attached hydrogens (tertiary/aromatic N) is 2. The molecule has 0 aliphatic rings. The zero-order chi connectivity index (χ0) is 13.4. The fourth-order valence-electron chi connectivity index (χ4n) is 1.01. The first kappa shape index (κ1) is 13.8. The van der Waals surface area contributed by atoms with Crippen LogP contribution in [0.1, 0.15) is 0 Å². The standard InChI is InChI=1S/C6H3ClN2O6S2/c7-3-1-6(17(13,14)15)4(9-8)2-5(3)16(10,11)12/h1-2H,(H-,10,11,12,13,14,15)/p+1. The Hall–Kier alpha value is -1.25. The molecule has 0 aromatic heterocycles. The molecule has 1 aromatic rings. The Kier molecular flexibility index (Phi) is 3.42. The number of benzene rings is 1. The second-order valence-electron chi connectivity index (χ2n) is 2.80. The van der Waals surface area contributed by atoms with Crippen LogP contribution in [0.25, 0.3) is 4.98 Å². The second-order valence-corrected chi connectivity index (χ2v) is 5.99. The maximum Gasteiger partial charge on any atom is 0.407 e. The third kappa shape index (κ3) is 2.90. The first-order valence-corrected chi connectivity index (χ1v) is 6.97. The molecule has 1 aromatic carbocycles. The lowest BCUT2D eigenvalue weighted by molar-refractivity contribution is 0.479. The van der Waals surface area contributed by atoms with Crippen LogP contribution in [0.3, 0.4) is 0 Å². The van der Waals surface area contributed by atoms with Crippen LogP contribution >= 0.6 is 11.6 Å². The minimum Gasteiger partial charge on any atom is -0.282 e. The Morgan fingerprint density at radius 1 is 1.06 bits per heavy atom. The van der Waals surface area contributed by atoms with Crippen molar-refractivity contribution in [3.63, 3.8) is 0 Å². The highest BCUT2D eigenvalue weighted by atomic mass is 35.5. The van der Waals surface area contributed by atoms with Gasteiger partial charge in [-0.2, -0.15) is 16.8 Å². The normalized spacial score (nSPS) is 12.1. The monoisotopic (exact) mass is 299 g/mol. The summed E-state index contributed by atoms with van der Waals surface area (Å²) in [6, 6.07) is 1.04. The average molecular weight is 300 g/mol. The van der Waals surface area contributed by atoms with Gasteiger partial charge in [-0.05, 0) is 6.07 Å². The zero-order valence-electron chi connectivity index (χ0n) is 7.77. The summed E-state index contributed by atoms with van der Waals surface area (Å²) in [4.78, 5) is 0.740. The summed E-state index contributed by atoms with van der Waals surface area (Å²) in [5.41, 5.74) is -0.774. The zero-order valence-corrected chi connectivity index (χ0v) is 10.2. The van der Waals surface area contributed by atoms with Crippen LogP contribution in [0, 0.1) is 5.39 Å². The molecule has 0 amide bonds. The maximum absolute atomic E-state index is 10.8. The summed E-state index contributed by atoms with van der Waals surface area (Å²) in [7, 11) is -9.45. The number of diazo groups is 1. The van der Waals surface area contributed by atoms with Gasteiger partial charge >= 0.3 is 15.8 Å². The van der Waals surface area contributed by atoms with Crippen LogP contribution in [-0.2, 0) is 20.2 Å². The number of hydrogen-bond donors (Lipinski definition) is 2. The molecule has 0 saturated heterocycles. The van der Waals surface area contributed by atoms with E-state index in [-0.39, 0.29) is 0 Å². The van der Waals surface area contributed by atoms with Gasteiger partial charge in [0.2, 0.25) is 5.39 Å². The van der Waals surface area contributed by atoms with E-state index in [1.165, 1.54) is 0 Å². The lowest BCUT2D eigenvalue weighted by Gasteiger charge is -2.00. The molecule has 0 fully saturated rings.